The molecule has 0 unspecified atom stereocenters. The molecule has 0 aliphatic rings. The second kappa shape index (κ2) is 5.23. The Balaban J connectivity index is 4.18. The molecule has 0 atom stereocenters. The van der Waals surface area contributed by atoms with Crippen molar-refractivity contribution >= 4 is 6.03 Å². The number of amides is 2. The van der Waals surface area contributed by atoms with Crippen LogP contribution in [0.4, 0.5) is 4.79 Å². The van der Waals surface area contributed by atoms with Gasteiger partial charge in [-0.1, -0.05) is 13.8 Å². The van der Waals surface area contributed by atoms with E-state index in [0.29, 0.717) is 5.92 Å². The zero-order valence-corrected chi connectivity index (χ0v) is 10.3. The van der Waals surface area contributed by atoms with Gasteiger partial charge in [-0.3, -0.25) is 0 Å². The van der Waals surface area contributed by atoms with E-state index in [9.17, 15) is 4.79 Å². The molecule has 0 fully saturated rings. The molecule has 0 aromatic rings. The fourth-order valence-electron chi connectivity index (χ4n) is 1.20. The average molecular weight is 200 g/mol. The van der Waals surface area contributed by atoms with Gasteiger partial charge in [0.2, 0.25) is 0 Å². The van der Waals surface area contributed by atoms with Crippen molar-refractivity contribution < 1.29 is 4.79 Å². The molecule has 0 saturated heterocycles. The Labute approximate surface area is 87.9 Å². The highest BCUT2D eigenvalue weighted by atomic mass is 16.2. The van der Waals surface area contributed by atoms with Crippen LogP contribution in [0.25, 0.3) is 0 Å². The number of hydrogen-bond acceptors (Lipinski definition) is 1. The van der Waals surface area contributed by atoms with Crippen LogP contribution in [0, 0.1) is 5.92 Å². The van der Waals surface area contributed by atoms with Gasteiger partial charge in [-0.15, -0.1) is 0 Å². The Morgan fingerprint density at radius 1 is 1.36 bits per heavy atom. The molecule has 0 spiro atoms. The molecule has 0 aromatic heterocycles. The summed E-state index contributed by atoms with van der Waals surface area (Å²) in [5.74, 6) is 0.515. The molecule has 3 nitrogen and oxygen atoms in total. The summed E-state index contributed by atoms with van der Waals surface area (Å²) >= 11 is 0. The van der Waals surface area contributed by atoms with Crippen LogP contribution in [0.1, 0.15) is 41.5 Å². The topological polar surface area (TPSA) is 32.3 Å². The van der Waals surface area contributed by atoms with Crippen LogP contribution in [0.5, 0.6) is 0 Å². The number of carbonyl (C=O) groups excluding carboxylic acids is 1. The minimum absolute atomic E-state index is 0.0358. The van der Waals surface area contributed by atoms with Crippen molar-refractivity contribution in [3.63, 3.8) is 0 Å². The number of urea groups is 1. The van der Waals surface area contributed by atoms with Crippen LogP contribution < -0.4 is 5.32 Å². The Hall–Kier alpha value is -0.730. The van der Waals surface area contributed by atoms with E-state index >= 15 is 0 Å². The van der Waals surface area contributed by atoms with Gasteiger partial charge in [-0.2, -0.15) is 0 Å². The first-order valence-electron chi connectivity index (χ1n) is 5.33. The molecule has 0 radical (unpaired) electrons. The van der Waals surface area contributed by atoms with Crippen molar-refractivity contribution in [2.45, 2.75) is 47.1 Å². The summed E-state index contributed by atoms with van der Waals surface area (Å²) in [6.45, 7) is 13.8. The van der Waals surface area contributed by atoms with Crippen LogP contribution in [0.15, 0.2) is 0 Å². The van der Waals surface area contributed by atoms with E-state index in [4.69, 9.17) is 0 Å². The molecule has 2 amide bonds. The fourth-order valence-corrected chi connectivity index (χ4v) is 1.20. The molecule has 14 heavy (non-hydrogen) atoms. The van der Waals surface area contributed by atoms with Gasteiger partial charge < -0.3 is 10.2 Å². The van der Waals surface area contributed by atoms with Gasteiger partial charge in [-0.25, -0.2) is 4.79 Å². The average Bonchev–Trinajstić information content (AvgIpc) is 1.96. The van der Waals surface area contributed by atoms with E-state index in [1.54, 1.807) is 0 Å². The number of nitrogens with one attached hydrogen (secondary N) is 1. The number of rotatable bonds is 3. The second-order valence-electron chi connectivity index (χ2n) is 5.11. The molecule has 0 bridgehead atoms. The Morgan fingerprint density at radius 2 is 1.86 bits per heavy atom. The SMILES string of the molecule is CCN(CC(C)C)C(=O)NC(C)(C)C. The fraction of sp³-hybridized carbons (Fsp3) is 0.909. The molecular weight excluding hydrogens is 176 g/mol. The lowest BCUT2D eigenvalue weighted by atomic mass is 10.1. The van der Waals surface area contributed by atoms with Crippen LogP contribution in [-0.4, -0.2) is 29.6 Å². The first-order valence-corrected chi connectivity index (χ1v) is 5.33. The first-order chi connectivity index (χ1) is 6.26. The first kappa shape index (κ1) is 13.3. The van der Waals surface area contributed by atoms with Crippen LogP contribution >= 0.6 is 0 Å². The van der Waals surface area contributed by atoms with Crippen molar-refractivity contribution in [1.82, 2.24) is 10.2 Å². The van der Waals surface area contributed by atoms with Gasteiger partial charge in [0, 0.05) is 18.6 Å². The highest BCUT2D eigenvalue weighted by molar-refractivity contribution is 5.74. The van der Waals surface area contributed by atoms with Gasteiger partial charge >= 0.3 is 6.03 Å². The Kier molecular flexibility index (Phi) is 4.95. The van der Waals surface area contributed by atoms with Gasteiger partial charge in [-0.05, 0) is 33.6 Å². The van der Waals surface area contributed by atoms with E-state index < -0.39 is 0 Å². The lowest BCUT2D eigenvalue weighted by Crippen LogP contribution is -2.49. The quantitative estimate of drug-likeness (QED) is 0.745. The maximum atomic E-state index is 11.7. The third kappa shape index (κ3) is 5.84. The van der Waals surface area contributed by atoms with Crippen molar-refractivity contribution in [1.29, 1.82) is 0 Å². The molecule has 0 aliphatic carbocycles. The zero-order valence-electron chi connectivity index (χ0n) is 10.3. The normalized spacial score (nSPS) is 11.6. The largest absolute Gasteiger partial charge is 0.333 e. The summed E-state index contributed by atoms with van der Waals surface area (Å²) in [6, 6.07) is 0.0358. The predicted molar refractivity (Wildman–Crippen MR) is 60.4 cm³/mol. The third-order valence-electron chi connectivity index (χ3n) is 1.74. The Morgan fingerprint density at radius 3 is 2.14 bits per heavy atom. The van der Waals surface area contributed by atoms with Gasteiger partial charge in [0.15, 0.2) is 0 Å². The van der Waals surface area contributed by atoms with Crippen molar-refractivity contribution in [2.75, 3.05) is 13.1 Å². The minimum atomic E-state index is -0.151. The molecule has 1 N–H and O–H groups in total. The minimum Gasteiger partial charge on any atom is -0.333 e. The summed E-state index contributed by atoms with van der Waals surface area (Å²) in [5, 5.41) is 2.96. The van der Waals surface area contributed by atoms with Crippen LogP contribution in [-0.2, 0) is 0 Å². The monoisotopic (exact) mass is 200 g/mol. The second-order valence-corrected chi connectivity index (χ2v) is 5.11. The summed E-state index contributed by atoms with van der Waals surface area (Å²) in [5.41, 5.74) is -0.151. The number of carbonyl (C=O) groups is 1. The molecule has 3 heteroatoms. The standard InChI is InChI=1S/C11H24N2O/c1-7-13(8-9(2)3)10(14)12-11(4,5)6/h9H,7-8H2,1-6H3,(H,12,14). The molecule has 0 heterocycles. The van der Waals surface area contributed by atoms with Crippen molar-refractivity contribution in [3.05, 3.63) is 0 Å². The van der Waals surface area contributed by atoms with E-state index in [-0.39, 0.29) is 11.6 Å². The zero-order chi connectivity index (χ0) is 11.4. The summed E-state index contributed by atoms with van der Waals surface area (Å²) < 4.78 is 0. The number of hydrogen-bond donors (Lipinski definition) is 1. The van der Waals surface area contributed by atoms with Gasteiger partial charge in [0.25, 0.3) is 0 Å². The smallest absolute Gasteiger partial charge is 0.317 e. The maximum absolute atomic E-state index is 11.7. The van der Waals surface area contributed by atoms with Crippen LogP contribution in [0.2, 0.25) is 0 Å². The molecule has 0 saturated carbocycles. The molecule has 0 aromatic carbocycles. The van der Waals surface area contributed by atoms with Crippen molar-refractivity contribution in [2.24, 2.45) is 5.92 Å². The van der Waals surface area contributed by atoms with E-state index in [0.717, 1.165) is 13.1 Å². The maximum Gasteiger partial charge on any atom is 0.317 e. The Bertz CT molecular complexity index is 182. The summed E-state index contributed by atoms with van der Waals surface area (Å²) in [6.07, 6.45) is 0. The lowest BCUT2D eigenvalue weighted by molar-refractivity contribution is 0.185. The van der Waals surface area contributed by atoms with E-state index in [1.807, 2.05) is 32.6 Å². The molecule has 0 aliphatic heterocycles. The summed E-state index contributed by atoms with van der Waals surface area (Å²) in [4.78, 5) is 13.6. The van der Waals surface area contributed by atoms with Crippen molar-refractivity contribution in [3.8, 4) is 0 Å². The van der Waals surface area contributed by atoms with Gasteiger partial charge in [0.05, 0.1) is 0 Å². The number of nitrogens with zero attached hydrogens (tertiary/aromatic N) is 1. The van der Waals surface area contributed by atoms with E-state index in [2.05, 4.69) is 19.2 Å². The molecule has 0 rings (SSSR count). The predicted octanol–water partition coefficient (Wildman–Crippen LogP) is 2.47. The van der Waals surface area contributed by atoms with E-state index in [1.165, 1.54) is 0 Å². The highest BCUT2D eigenvalue weighted by Gasteiger charge is 2.18. The van der Waals surface area contributed by atoms with Gasteiger partial charge in [0.1, 0.15) is 0 Å². The molecular formula is C11H24N2O. The summed E-state index contributed by atoms with van der Waals surface area (Å²) in [7, 11) is 0. The van der Waals surface area contributed by atoms with Crippen LogP contribution in [0.3, 0.4) is 0 Å². The molecule has 84 valence electrons. The third-order valence-corrected chi connectivity index (χ3v) is 1.74. The lowest BCUT2D eigenvalue weighted by Gasteiger charge is -2.28. The highest BCUT2D eigenvalue weighted by Crippen LogP contribution is 2.03.